The number of phenols is 3. The van der Waals surface area contributed by atoms with E-state index in [0.717, 1.165) is 55.6 Å². The van der Waals surface area contributed by atoms with Gasteiger partial charge in [0.05, 0.1) is 6.42 Å². The largest absolute Gasteiger partial charge is 0.508 e. The summed E-state index contributed by atoms with van der Waals surface area (Å²) >= 11 is 0. The molecule has 4 rings (SSSR count). The van der Waals surface area contributed by atoms with Crippen molar-refractivity contribution in [3.63, 3.8) is 0 Å². The molecule has 52 heavy (non-hydrogen) atoms. The number of rotatable bonds is 7. The highest BCUT2D eigenvalue weighted by Crippen LogP contribution is 2.45. The van der Waals surface area contributed by atoms with E-state index in [1.165, 1.54) is 0 Å². The van der Waals surface area contributed by atoms with Crippen molar-refractivity contribution in [3.05, 3.63) is 116 Å². The molecule has 5 nitrogen and oxygen atoms in total. The topological polar surface area (TPSA) is 87.0 Å². The van der Waals surface area contributed by atoms with Gasteiger partial charge in [0, 0.05) is 17.4 Å². The van der Waals surface area contributed by atoms with E-state index in [2.05, 4.69) is 95.2 Å². The zero-order chi connectivity index (χ0) is 39.4. The van der Waals surface area contributed by atoms with Crippen molar-refractivity contribution in [2.45, 2.75) is 144 Å². The third-order valence-corrected chi connectivity index (χ3v) is 10.2. The molecule has 0 radical (unpaired) electrons. The van der Waals surface area contributed by atoms with Crippen LogP contribution in [0.5, 0.6) is 23.0 Å². The minimum atomic E-state index is -0.887. The molecule has 4 aromatic carbocycles. The van der Waals surface area contributed by atoms with E-state index in [1.54, 1.807) is 12.1 Å². The number of carbonyl (C=O) groups excluding carboxylic acids is 1. The van der Waals surface area contributed by atoms with Gasteiger partial charge in [-0.05, 0) is 86.6 Å². The van der Waals surface area contributed by atoms with Crippen LogP contribution in [-0.4, -0.2) is 21.3 Å². The summed E-state index contributed by atoms with van der Waals surface area (Å²) in [5.41, 5.74) is 6.62. The average Bonchev–Trinajstić information content (AvgIpc) is 2.98. The van der Waals surface area contributed by atoms with Crippen LogP contribution in [0.3, 0.4) is 0 Å². The van der Waals surface area contributed by atoms with E-state index in [-0.39, 0.29) is 45.3 Å². The van der Waals surface area contributed by atoms with Crippen LogP contribution in [0.4, 0.5) is 0 Å². The second-order valence-electron chi connectivity index (χ2n) is 19.2. The van der Waals surface area contributed by atoms with Gasteiger partial charge < -0.3 is 20.1 Å². The molecule has 0 aliphatic carbocycles. The van der Waals surface area contributed by atoms with Crippen LogP contribution in [0.1, 0.15) is 152 Å². The van der Waals surface area contributed by atoms with E-state index >= 15 is 0 Å². The summed E-state index contributed by atoms with van der Waals surface area (Å²) in [6.07, 6.45) is 0.386. The molecule has 5 heteroatoms. The van der Waals surface area contributed by atoms with Crippen LogP contribution in [0.2, 0.25) is 0 Å². The Bertz CT molecular complexity index is 1910. The molecule has 0 aromatic heterocycles. The number of hydrogen-bond donors (Lipinski definition) is 3. The molecule has 0 aliphatic rings. The van der Waals surface area contributed by atoms with Crippen molar-refractivity contribution in [3.8, 4) is 23.0 Å². The van der Waals surface area contributed by atoms with Crippen LogP contribution in [0, 0.1) is 13.8 Å². The van der Waals surface area contributed by atoms with E-state index in [0.29, 0.717) is 12.2 Å². The minimum absolute atomic E-state index is 0.00349. The molecule has 0 unspecified atom stereocenters. The Morgan fingerprint density at radius 2 is 0.942 bits per heavy atom. The lowest BCUT2D eigenvalue weighted by Crippen LogP contribution is -2.31. The number of esters is 1. The average molecular weight is 707 g/mol. The third-order valence-electron chi connectivity index (χ3n) is 10.2. The van der Waals surface area contributed by atoms with Gasteiger partial charge in [-0.1, -0.05) is 150 Å². The maximum Gasteiger partial charge on any atom is 0.312 e. The van der Waals surface area contributed by atoms with Gasteiger partial charge in [0.15, 0.2) is 0 Å². The normalized spacial score (nSPS) is 13.0. The molecule has 0 aliphatic heterocycles. The predicted octanol–water partition coefficient (Wildman–Crippen LogP) is 11.5. The highest BCUT2D eigenvalue weighted by molar-refractivity contribution is 5.77. The molecule has 0 saturated carbocycles. The maximum absolute atomic E-state index is 14.6. The van der Waals surface area contributed by atoms with Crippen LogP contribution >= 0.6 is 0 Å². The Balaban J connectivity index is 1.91. The zero-order valence-electron chi connectivity index (χ0n) is 34.3. The Morgan fingerprint density at radius 1 is 0.538 bits per heavy atom. The van der Waals surface area contributed by atoms with Gasteiger partial charge in [-0.3, -0.25) is 4.79 Å². The Morgan fingerprint density at radius 3 is 1.37 bits per heavy atom. The minimum Gasteiger partial charge on any atom is -0.508 e. The molecule has 0 bridgehead atoms. The first-order chi connectivity index (χ1) is 23.6. The molecule has 3 N–H and O–H groups in total. The van der Waals surface area contributed by atoms with Crippen LogP contribution in [-0.2, 0) is 38.3 Å². The van der Waals surface area contributed by atoms with Crippen LogP contribution < -0.4 is 4.74 Å². The molecule has 0 spiro atoms. The molecule has 0 fully saturated rings. The van der Waals surface area contributed by atoms with Crippen LogP contribution in [0.25, 0.3) is 0 Å². The number of aryl methyl sites for hydroxylation is 2. The monoisotopic (exact) mass is 706 g/mol. The number of hydrogen-bond acceptors (Lipinski definition) is 5. The fraction of sp³-hybridized carbons (Fsp3) is 0.468. The molecule has 0 amide bonds. The Hall–Kier alpha value is -4.25. The van der Waals surface area contributed by atoms with Crippen molar-refractivity contribution in [1.82, 2.24) is 0 Å². The molecule has 0 heterocycles. The number of benzene rings is 4. The van der Waals surface area contributed by atoms with Gasteiger partial charge in [-0.2, -0.15) is 0 Å². The summed E-state index contributed by atoms with van der Waals surface area (Å²) in [5.74, 6) is 0.792. The quantitative estimate of drug-likeness (QED) is 0.132. The van der Waals surface area contributed by atoms with Gasteiger partial charge in [-0.25, -0.2) is 0 Å². The van der Waals surface area contributed by atoms with Gasteiger partial charge >= 0.3 is 5.97 Å². The number of phenolic OH excluding ortho intramolecular Hbond substituents is 3. The van der Waals surface area contributed by atoms with Gasteiger partial charge in [0.2, 0.25) is 0 Å². The lowest BCUT2D eigenvalue weighted by Gasteiger charge is -2.34. The number of ether oxygens (including phenoxy) is 1. The van der Waals surface area contributed by atoms with Crippen molar-refractivity contribution < 1.29 is 24.9 Å². The standard InChI is InChI=1S/C47H62O5/c1-28-20-30(41(51)36(22-28)45(9,10)11)24-31-21-29(2)23-37(46(12,13)14)42(31)52-40(50)27-47(15,32-16-18-38(48)34(25-32)43(3,4)5)33-17-19-39(49)35(26-33)44(6,7)8/h16-23,25-26,48-49,51H,24,27H2,1-15H3. The van der Waals surface area contributed by atoms with Gasteiger partial charge in [0.25, 0.3) is 0 Å². The van der Waals surface area contributed by atoms with E-state index in [4.69, 9.17) is 4.74 Å². The summed E-state index contributed by atoms with van der Waals surface area (Å²) in [5, 5.41) is 33.4. The summed E-state index contributed by atoms with van der Waals surface area (Å²) in [7, 11) is 0. The number of carbonyl (C=O) groups is 1. The summed E-state index contributed by atoms with van der Waals surface area (Å²) in [6, 6.07) is 19.4. The molecular formula is C47H62O5. The van der Waals surface area contributed by atoms with Crippen LogP contribution in [0.15, 0.2) is 60.7 Å². The highest BCUT2D eigenvalue weighted by atomic mass is 16.5. The first-order valence-electron chi connectivity index (χ1n) is 18.5. The molecule has 0 saturated heterocycles. The summed E-state index contributed by atoms with van der Waals surface area (Å²) in [6.45, 7) is 31.1. The summed E-state index contributed by atoms with van der Waals surface area (Å²) < 4.78 is 6.56. The third kappa shape index (κ3) is 8.68. The first kappa shape index (κ1) is 40.5. The smallest absolute Gasteiger partial charge is 0.312 e. The molecule has 280 valence electrons. The van der Waals surface area contributed by atoms with Crippen molar-refractivity contribution >= 4 is 5.97 Å². The maximum atomic E-state index is 14.6. The van der Waals surface area contributed by atoms with E-state index < -0.39 is 11.4 Å². The lowest BCUT2D eigenvalue weighted by molar-refractivity contribution is -0.135. The zero-order valence-corrected chi connectivity index (χ0v) is 34.3. The second kappa shape index (κ2) is 14.0. The van der Waals surface area contributed by atoms with E-state index in [1.807, 2.05) is 57.2 Å². The molecule has 0 atom stereocenters. The van der Waals surface area contributed by atoms with Crippen molar-refractivity contribution in [2.75, 3.05) is 0 Å². The fourth-order valence-corrected chi connectivity index (χ4v) is 7.19. The van der Waals surface area contributed by atoms with Gasteiger partial charge in [0.1, 0.15) is 23.0 Å². The van der Waals surface area contributed by atoms with Crippen molar-refractivity contribution in [2.24, 2.45) is 0 Å². The second-order valence-corrected chi connectivity index (χ2v) is 19.2. The van der Waals surface area contributed by atoms with E-state index in [9.17, 15) is 20.1 Å². The predicted molar refractivity (Wildman–Crippen MR) is 215 cm³/mol. The Labute approximate surface area is 313 Å². The SMILES string of the molecule is Cc1cc(Cc2cc(C)cc(C(C)(C)C)c2OC(=O)CC(C)(c2ccc(O)c(C(C)(C)C)c2)c2ccc(O)c(C(C)(C)C)c2)c(O)c(C(C)(C)C)c1. The molecule has 4 aromatic rings. The number of aromatic hydroxyl groups is 3. The van der Waals surface area contributed by atoms with Crippen molar-refractivity contribution in [1.29, 1.82) is 0 Å². The highest BCUT2D eigenvalue weighted by Gasteiger charge is 2.37. The Kier molecular flexibility index (Phi) is 10.9. The molecular weight excluding hydrogens is 645 g/mol. The lowest BCUT2D eigenvalue weighted by atomic mass is 9.70. The first-order valence-corrected chi connectivity index (χ1v) is 18.5. The summed E-state index contributed by atoms with van der Waals surface area (Å²) in [4.78, 5) is 14.6. The van der Waals surface area contributed by atoms with Gasteiger partial charge in [-0.15, -0.1) is 0 Å². The fourth-order valence-electron chi connectivity index (χ4n) is 7.19.